The van der Waals surface area contributed by atoms with Crippen LogP contribution in [-0.2, 0) is 9.53 Å². The van der Waals surface area contributed by atoms with E-state index in [1.807, 2.05) is 0 Å². The van der Waals surface area contributed by atoms with Crippen LogP contribution in [0.3, 0.4) is 0 Å². The normalized spacial score (nSPS) is 22.5. The summed E-state index contributed by atoms with van der Waals surface area (Å²) < 4.78 is 3.86. The van der Waals surface area contributed by atoms with Gasteiger partial charge in [-0.05, 0) is 12.8 Å². The van der Waals surface area contributed by atoms with Crippen molar-refractivity contribution in [1.82, 2.24) is 10.6 Å². The van der Waals surface area contributed by atoms with Crippen LogP contribution >= 0.6 is 34.8 Å². The molecule has 0 spiro atoms. The second-order valence-electron chi connectivity index (χ2n) is 3.94. The van der Waals surface area contributed by atoms with Crippen molar-refractivity contribution in [1.29, 1.82) is 0 Å². The van der Waals surface area contributed by atoms with E-state index in [1.54, 1.807) is 6.92 Å². The first-order chi connectivity index (χ1) is 7.93. The van der Waals surface area contributed by atoms with E-state index in [9.17, 15) is 4.79 Å². The van der Waals surface area contributed by atoms with Crippen molar-refractivity contribution < 1.29 is 9.53 Å². The summed E-state index contributed by atoms with van der Waals surface area (Å²) in [6.07, 6.45) is 1.80. The molecule has 17 heavy (non-hydrogen) atoms. The number of halogens is 3. The van der Waals surface area contributed by atoms with Crippen LogP contribution in [0.15, 0.2) is 0 Å². The van der Waals surface area contributed by atoms with Gasteiger partial charge in [0.25, 0.3) is 0 Å². The van der Waals surface area contributed by atoms with E-state index in [2.05, 4.69) is 10.6 Å². The Kier molecular flexibility index (Phi) is 6.31. The smallest absolute Gasteiger partial charge is 0.223 e. The maximum atomic E-state index is 11.3. The lowest BCUT2D eigenvalue weighted by atomic mass is 10.2. The summed E-state index contributed by atoms with van der Waals surface area (Å²) in [5.74, 6) is -0.166. The zero-order chi connectivity index (χ0) is 12.9. The number of hydrogen-bond acceptors (Lipinski definition) is 3. The van der Waals surface area contributed by atoms with Crippen LogP contribution in [0.1, 0.15) is 26.2 Å². The molecule has 2 atom stereocenters. The summed E-state index contributed by atoms with van der Waals surface area (Å²) in [5, 5.41) is 5.64. The highest BCUT2D eigenvalue weighted by atomic mass is 35.6. The van der Waals surface area contributed by atoms with Gasteiger partial charge in [0.15, 0.2) is 0 Å². The Balaban J connectivity index is 2.42. The van der Waals surface area contributed by atoms with Crippen LogP contribution < -0.4 is 10.6 Å². The Labute approximate surface area is 116 Å². The van der Waals surface area contributed by atoms with Gasteiger partial charge in [0.2, 0.25) is 9.70 Å². The number of carbonyl (C=O) groups excluding carboxylic acids is 1. The van der Waals surface area contributed by atoms with E-state index in [0.29, 0.717) is 13.0 Å². The first-order valence-corrected chi connectivity index (χ1v) is 6.78. The molecule has 1 fully saturated rings. The van der Waals surface area contributed by atoms with Gasteiger partial charge in [0.1, 0.15) is 6.17 Å². The molecule has 1 rings (SSSR count). The third-order valence-electron chi connectivity index (χ3n) is 2.53. The van der Waals surface area contributed by atoms with Gasteiger partial charge < -0.3 is 10.1 Å². The average Bonchev–Trinajstić information content (AvgIpc) is 2.74. The minimum absolute atomic E-state index is 0.128. The molecule has 0 aromatic heterocycles. The molecule has 0 unspecified atom stereocenters. The summed E-state index contributed by atoms with van der Waals surface area (Å²) in [6, 6.07) is 0. The highest BCUT2D eigenvalue weighted by molar-refractivity contribution is 6.68. The summed E-state index contributed by atoms with van der Waals surface area (Å²) in [5.41, 5.74) is 0. The van der Waals surface area contributed by atoms with E-state index in [4.69, 9.17) is 39.5 Å². The third-order valence-corrected chi connectivity index (χ3v) is 3.18. The van der Waals surface area contributed by atoms with Crippen molar-refractivity contribution in [3.05, 3.63) is 0 Å². The van der Waals surface area contributed by atoms with Gasteiger partial charge in [0.05, 0.1) is 6.10 Å². The Morgan fingerprint density at radius 2 is 2.24 bits per heavy atom. The summed E-state index contributed by atoms with van der Waals surface area (Å²) in [4.78, 5) is 11.3. The lowest BCUT2D eigenvalue weighted by Crippen LogP contribution is -2.54. The molecule has 0 aliphatic carbocycles. The fraction of sp³-hybridized carbons (Fsp3) is 0.900. The fourth-order valence-corrected chi connectivity index (χ4v) is 1.96. The molecule has 1 saturated heterocycles. The Bertz CT molecular complexity index is 252. The number of amides is 1. The second kappa shape index (κ2) is 7.00. The molecule has 0 saturated carbocycles. The Hall–Kier alpha value is 0.260. The Morgan fingerprint density at radius 1 is 1.53 bits per heavy atom. The topological polar surface area (TPSA) is 50.4 Å². The molecule has 100 valence electrons. The number of ether oxygens (including phenoxy) is 1. The van der Waals surface area contributed by atoms with Crippen LogP contribution in [0.25, 0.3) is 0 Å². The van der Waals surface area contributed by atoms with Crippen LogP contribution in [0.5, 0.6) is 0 Å². The van der Waals surface area contributed by atoms with Gasteiger partial charge in [0, 0.05) is 19.6 Å². The molecule has 7 heteroatoms. The fourth-order valence-electron chi connectivity index (χ4n) is 1.57. The molecular weight excluding hydrogens is 286 g/mol. The number of nitrogens with one attached hydrogen (secondary N) is 2. The minimum Gasteiger partial charge on any atom is -0.377 e. The lowest BCUT2D eigenvalue weighted by Gasteiger charge is -2.27. The molecule has 1 amide bonds. The first-order valence-electron chi connectivity index (χ1n) is 5.64. The predicted molar refractivity (Wildman–Crippen MR) is 69.5 cm³/mol. The van der Waals surface area contributed by atoms with Gasteiger partial charge in [-0.25, -0.2) is 0 Å². The Morgan fingerprint density at radius 3 is 2.71 bits per heavy atom. The van der Waals surface area contributed by atoms with E-state index >= 15 is 0 Å². The van der Waals surface area contributed by atoms with Crippen molar-refractivity contribution in [2.45, 2.75) is 42.2 Å². The van der Waals surface area contributed by atoms with E-state index < -0.39 is 9.96 Å². The van der Waals surface area contributed by atoms with Crippen molar-refractivity contribution in [2.75, 3.05) is 13.2 Å². The molecule has 4 nitrogen and oxygen atoms in total. The number of alkyl halides is 3. The molecule has 0 radical (unpaired) electrons. The maximum Gasteiger partial charge on any atom is 0.223 e. The summed E-state index contributed by atoms with van der Waals surface area (Å²) in [7, 11) is 0. The number of rotatable bonds is 5. The standard InChI is InChI=1S/C10H17Cl3N2O2/c1-2-8(16)15-9(10(11,12)13)14-6-7-4-3-5-17-7/h7,9,14H,2-6H2,1H3,(H,15,16)/t7-,9-/m1/s1. The molecule has 0 aromatic carbocycles. The molecule has 1 aliphatic heterocycles. The van der Waals surface area contributed by atoms with Crippen molar-refractivity contribution in [2.24, 2.45) is 0 Å². The van der Waals surface area contributed by atoms with Crippen LogP contribution in [-0.4, -0.2) is 35.1 Å². The van der Waals surface area contributed by atoms with Gasteiger partial charge in [-0.3, -0.25) is 10.1 Å². The molecule has 2 N–H and O–H groups in total. The third kappa shape index (κ3) is 5.62. The highest BCUT2D eigenvalue weighted by Crippen LogP contribution is 2.29. The number of carbonyl (C=O) groups is 1. The lowest BCUT2D eigenvalue weighted by molar-refractivity contribution is -0.121. The molecule has 0 bridgehead atoms. The number of hydrogen-bond donors (Lipinski definition) is 2. The maximum absolute atomic E-state index is 11.3. The molecule has 1 heterocycles. The average molecular weight is 304 g/mol. The largest absolute Gasteiger partial charge is 0.377 e. The first kappa shape index (κ1) is 15.3. The molecule has 0 aromatic rings. The van der Waals surface area contributed by atoms with Crippen molar-refractivity contribution >= 4 is 40.7 Å². The van der Waals surface area contributed by atoms with Gasteiger partial charge in [-0.1, -0.05) is 41.7 Å². The van der Waals surface area contributed by atoms with E-state index in [-0.39, 0.29) is 12.0 Å². The van der Waals surface area contributed by atoms with Crippen molar-refractivity contribution in [3.8, 4) is 0 Å². The van der Waals surface area contributed by atoms with Crippen LogP contribution in [0, 0.1) is 0 Å². The zero-order valence-corrected chi connectivity index (χ0v) is 11.9. The minimum atomic E-state index is -1.58. The van der Waals surface area contributed by atoms with E-state index in [1.165, 1.54) is 0 Å². The molecular formula is C10H17Cl3N2O2. The second-order valence-corrected chi connectivity index (χ2v) is 6.31. The molecule has 1 aliphatic rings. The van der Waals surface area contributed by atoms with Gasteiger partial charge in [-0.15, -0.1) is 0 Å². The monoisotopic (exact) mass is 302 g/mol. The summed E-state index contributed by atoms with van der Waals surface area (Å²) in [6.45, 7) is 3.07. The van der Waals surface area contributed by atoms with Gasteiger partial charge in [-0.2, -0.15) is 0 Å². The highest BCUT2D eigenvalue weighted by Gasteiger charge is 2.34. The quantitative estimate of drug-likeness (QED) is 0.603. The summed E-state index contributed by atoms with van der Waals surface area (Å²) >= 11 is 17.4. The van der Waals surface area contributed by atoms with Crippen LogP contribution in [0.4, 0.5) is 0 Å². The zero-order valence-electron chi connectivity index (χ0n) is 9.64. The van der Waals surface area contributed by atoms with Gasteiger partial charge >= 0.3 is 0 Å². The predicted octanol–water partition coefficient (Wildman–Crippen LogP) is 1.98. The van der Waals surface area contributed by atoms with Crippen molar-refractivity contribution in [3.63, 3.8) is 0 Å². The van der Waals surface area contributed by atoms with Crippen LogP contribution in [0.2, 0.25) is 0 Å². The van der Waals surface area contributed by atoms with E-state index in [0.717, 1.165) is 19.4 Å². The SMILES string of the molecule is CCC(=O)N[C@@H](NC[C@H]1CCCO1)C(Cl)(Cl)Cl.